The van der Waals surface area contributed by atoms with E-state index in [2.05, 4.69) is 60.4 Å². The molecule has 0 amide bonds. The molecule has 0 aliphatic heterocycles. The summed E-state index contributed by atoms with van der Waals surface area (Å²) >= 11 is 0. The Labute approximate surface area is 97.1 Å². The van der Waals surface area contributed by atoms with Crippen molar-refractivity contribution in [3.8, 4) is 0 Å². The van der Waals surface area contributed by atoms with Crippen molar-refractivity contribution >= 4 is 11.8 Å². The Balaban J connectivity index is 2.64. The maximum absolute atomic E-state index is 4.33. The summed E-state index contributed by atoms with van der Waals surface area (Å²) in [5.74, 6) is 1.89. The third-order valence-corrected chi connectivity index (χ3v) is 1.74. The van der Waals surface area contributed by atoms with E-state index in [0.717, 1.165) is 12.4 Å². The molecule has 0 radical (unpaired) electrons. The molecule has 1 aromatic rings. The second-order valence-electron chi connectivity index (χ2n) is 5.31. The molecule has 0 spiro atoms. The van der Waals surface area contributed by atoms with Crippen molar-refractivity contribution in [2.24, 2.45) is 5.92 Å². The average Bonchev–Trinajstić information content (AvgIpc) is 2.12. The van der Waals surface area contributed by atoms with E-state index in [1.165, 1.54) is 0 Å². The van der Waals surface area contributed by atoms with Crippen molar-refractivity contribution in [3.63, 3.8) is 0 Å². The number of aromatic nitrogens is 3. The SMILES string of the molecule is CC(C)CNc1cnnc(NC(C)(C)C)n1. The normalized spacial score (nSPS) is 11.6. The predicted molar refractivity (Wildman–Crippen MR) is 66.5 cm³/mol. The fraction of sp³-hybridized carbons (Fsp3) is 0.727. The minimum Gasteiger partial charge on any atom is -0.368 e. The van der Waals surface area contributed by atoms with E-state index >= 15 is 0 Å². The number of nitrogens with zero attached hydrogens (tertiary/aromatic N) is 3. The van der Waals surface area contributed by atoms with Crippen molar-refractivity contribution in [2.45, 2.75) is 40.2 Å². The fourth-order valence-corrected chi connectivity index (χ4v) is 1.09. The number of hydrogen-bond donors (Lipinski definition) is 2. The van der Waals surface area contributed by atoms with Crippen molar-refractivity contribution < 1.29 is 0 Å². The number of anilines is 2. The van der Waals surface area contributed by atoms with Crippen LogP contribution in [0.25, 0.3) is 0 Å². The van der Waals surface area contributed by atoms with Gasteiger partial charge in [-0.3, -0.25) is 0 Å². The quantitative estimate of drug-likeness (QED) is 0.819. The van der Waals surface area contributed by atoms with Crippen LogP contribution in [0.2, 0.25) is 0 Å². The van der Waals surface area contributed by atoms with Crippen LogP contribution in [-0.4, -0.2) is 27.3 Å². The van der Waals surface area contributed by atoms with Crippen molar-refractivity contribution in [1.29, 1.82) is 0 Å². The first-order valence-electron chi connectivity index (χ1n) is 5.58. The Morgan fingerprint density at radius 1 is 1.31 bits per heavy atom. The van der Waals surface area contributed by atoms with Crippen LogP contribution in [0.15, 0.2) is 6.20 Å². The first kappa shape index (κ1) is 12.7. The van der Waals surface area contributed by atoms with Gasteiger partial charge in [0.1, 0.15) is 0 Å². The Morgan fingerprint density at radius 2 is 2.00 bits per heavy atom. The maximum Gasteiger partial charge on any atom is 0.245 e. The topological polar surface area (TPSA) is 62.7 Å². The first-order valence-corrected chi connectivity index (χ1v) is 5.58. The monoisotopic (exact) mass is 223 g/mol. The smallest absolute Gasteiger partial charge is 0.245 e. The molecule has 0 aromatic carbocycles. The third-order valence-electron chi connectivity index (χ3n) is 1.74. The zero-order valence-corrected chi connectivity index (χ0v) is 10.7. The lowest BCUT2D eigenvalue weighted by Gasteiger charge is -2.20. The molecule has 5 nitrogen and oxygen atoms in total. The average molecular weight is 223 g/mol. The van der Waals surface area contributed by atoms with Gasteiger partial charge in [-0.15, -0.1) is 5.10 Å². The van der Waals surface area contributed by atoms with Crippen LogP contribution in [0.3, 0.4) is 0 Å². The molecule has 1 rings (SSSR count). The molecule has 5 heteroatoms. The lowest BCUT2D eigenvalue weighted by molar-refractivity contribution is 0.622. The van der Waals surface area contributed by atoms with Crippen LogP contribution < -0.4 is 10.6 Å². The van der Waals surface area contributed by atoms with Gasteiger partial charge in [0.2, 0.25) is 5.95 Å². The minimum atomic E-state index is -0.0572. The van der Waals surface area contributed by atoms with Gasteiger partial charge in [-0.2, -0.15) is 10.1 Å². The van der Waals surface area contributed by atoms with Gasteiger partial charge in [-0.1, -0.05) is 13.8 Å². The van der Waals surface area contributed by atoms with Crippen LogP contribution in [0, 0.1) is 5.92 Å². The number of rotatable bonds is 4. The van der Waals surface area contributed by atoms with Gasteiger partial charge in [-0.25, -0.2) is 0 Å². The highest BCUT2D eigenvalue weighted by Gasteiger charge is 2.11. The lowest BCUT2D eigenvalue weighted by Crippen LogP contribution is -2.27. The first-order chi connectivity index (χ1) is 7.37. The van der Waals surface area contributed by atoms with Crippen LogP contribution in [-0.2, 0) is 0 Å². The summed E-state index contributed by atoms with van der Waals surface area (Å²) in [7, 11) is 0. The molecule has 90 valence electrons. The van der Waals surface area contributed by atoms with E-state index in [-0.39, 0.29) is 5.54 Å². The second-order valence-corrected chi connectivity index (χ2v) is 5.31. The van der Waals surface area contributed by atoms with E-state index in [1.807, 2.05) is 0 Å². The van der Waals surface area contributed by atoms with E-state index in [4.69, 9.17) is 0 Å². The molecule has 0 unspecified atom stereocenters. The molecule has 1 aromatic heterocycles. The molecule has 0 atom stereocenters. The standard InChI is InChI=1S/C11H21N5/c1-8(2)6-12-9-7-13-16-10(14-9)15-11(3,4)5/h7-8H,6H2,1-5H3,(H2,12,14,15,16). The minimum absolute atomic E-state index is 0.0572. The van der Waals surface area contributed by atoms with Crippen molar-refractivity contribution in [2.75, 3.05) is 17.2 Å². The van der Waals surface area contributed by atoms with Gasteiger partial charge >= 0.3 is 0 Å². The van der Waals surface area contributed by atoms with Crippen LogP contribution in [0.4, 0.5) is 11.8 Å². The Hall–Kier alpha value is -1.39. The largest absolute Gasteiger partial charge is 0.368 e. The molecular weight excluding hydrogens is 202 g/mol. The molecule has 1 heterocycles. The van der Waals surface area contributed by atoms with E-state index in [1.54, 1.807) is 6.20 Å². The predicted octanol–water partition coefficient (Wildman–Crippen LogP) is 2.15. The molecule has 0 aliphatic carbocycles. The molecular formula is C11H21N5. The maximum atomic E-state index is 4.33. The summed E-state index contributed by atoms with van der Waals surface area (Å²) in [6.07, 6.45) is 1.64. The van der Waals surface area contributed by atoms with Crippen molar-refractivity contribution in [3.05, 3.63) is 6.20 Å². The summed E-state index contributed by atoms with van der Waals surface area (Å²) in [6.45, 7) is 11.4. The van der Waals surface area contributed by atoms with Crippen molar-refractivity contribution in [1.82, 2.24) is 15.2 Å². The van der Waals surface area contributed by atoms with Gasteiger partial charge in [-0.05, 0) is 26.7 Å². The summed E-state index contributed by atoms with van der Waals surface area (Å²) < 4.78 is 0. The molecule has 0 saturated carbocycles. The van der Waals surface area contributed by atoms with Crippen LogP contribution >= 0.6 is 0 Å². The summed E-state index contributed by atoms with van der Waals surface area (Å²) in [4.78, 5) is 4.33. The highest BCUT2D eigenvalue weighted by Crippen LogP contribution is 2.10. The zero-order chi connectivity index (χ0) is 12.2. The zero-order valence-electron chi connectivity index (χ0n) is 10.7. The van der Waals surface area contributed by atoms with Gasteiger partial charge in [0.15, 0.2) is 5.82 Å². The van der Waals surface area contributed by atoms with Crippen LogP contribution in [0.5, 0.6) is 0 Å². The number of nitrogens with one attached hydrogen (secondary N) is 2. The molecule has 16 heavy (non-hydrogen) atoms. The van der Waals surface area contributed by atoms with E-state index < -0.39 is 0 Å². The highest BCUT2D eigenvalue weighted by molar-refractivity contribution is 5.37. The summed E-state index contributed by atoms with van der Waals surface area (Å²) in [5.41, 5.74) is -0.0572. The second kappa shape index (κ2) is 5.09. The Morgan fingerprint density at radius 3 is 2.56 bits per heavy atom. The van der Waals surface area contributed by atoms with Gasteiger partial charge in [0.25, 0.3) is 0 Å². The van der Waals surface area contributed by atoms with Gasteiger partial charge < -0.3 is 10.6 Å². The third kappa shape index (κ3) is 4.91. The molecule has 0 aliphatic rings. The van der Waals surface area contributed by atoms with Gasteiger partial charge in [0, 0.05) is 12.1 Å². The molecule has 0 bridgehead atoms. The highest BCUT2D eigenvalue weighted by atomic mass is 15.3. The lowest BCUT2D eigenvalue weighted by atomic mass is 10.1. The molecule has 2 N–H and O–H groups in total. The molecule has 0 fully saturated rings. The number of hydrogen-bond acceptors (Lipinski definition) is 5. The van der Waals surface area contributed by atoms with E-state index in [9.17, 15) is 0 Å². The molecule has 0 saturated heterocycles. The summed E-state index contributed by atoms with van der Waals surface area (Å²) in [6, 6.07) is 0. The summed E-state index contributed by atoms with van der Waals surface area (Å²) in [5, 5.41) is 14.2. The van der Waals surface area contributed by atoms with Crippen LogP contribution in [0.1, 0.15) is 34.6 Å². The fourth-order valence-electron chi connectivity index (χ4n) is 1.09. The van der Waals surface area contributed by atoms with E-state index in [0.29, 0.717) is 11.9 Å². The Kier molecular flexibility index (Phi) is 4.04. The van der Waals surface area contributed by atoms with Gasteiger partial charge in [0.05, 0.1) is 6.20 Å². The Bertz CT molecular complexity index is 329.